The molecule has 0 radical (unpaired) electrons. The van der Waals surface area contributed by atoms with Crippen LogP contribution in [0.2, 0.25) is 0 Å². The number of amides is 3. The predicted octanol–water partition coefficient (Wildman–Crippen LogP) is 4.61. The average Bonchev–Trinajstić information content (AvgIpc) is 2.80. The number of benzene rings is 2. The van der Waals surface area contributed by atoms with Gasteiger partial charge in [0.1, 0.15) is 0 Å². The Bertz CT molecular complexity index is 993. The lowest BCUT2D eigenvalue weighted by atomic mass is 10.2. The normalized spacial score (nSPS) is 10.0. The van der Waals surface area contributed by atoms with Gasteiger partial charge in [-0.15, -0.1) is 11.8 Å². The summed E-state index contributed by atoms with van der Waals surface area (Å²) in [6.45, 7) is 1.73. The molecule has 0 saturated carbocycles. The fourth-order valence-corrected chi connectivity index (χ4v) is 3.76. The second-order valence-electron chi connectivity index (χ2n) is 6.06. The standard InChI is InChI=1S/C21H24N4O5S2/c1-5-18(26)22-16-10-9-15(32-14-8-6-7-13(11-14)31-4)12-17(16)23-19(24-20(27)29-2)25-21(28)30-3/h6-12H,5H2,1-4H3,(H,22,26)(H2,23,24,25,27,28). The first-order valence-electron chi connectivity index (χ1n) is 9.43. The summed E-state index contributed by atoms with van der Waals surface area (Å²) in [6.07, 6.45) is 0.609. The van der Waals surface area contributed by atoms with Crippen LogP contribution >= 0.6 is 23.5 Å². The van der Waals surface area contributed by atoms with Gasteiger partial charge in [-0.1, -0.05) is 24.8 Å². The van der Waals surface area contributed by atoms with Crippen LogP contribution in [0.4, 0.5) is 21.0 Å². The first-order valence-corrected chi connectivity index (χ1v) is 11.5. The SMILES string of the molecule is CCC(=O)Nc1ccc(Sc2cccc(SC)c2)cc1N=C(NC(=O)OC)NC(=O)OC. The van der Waals surface area contributed by atoms with Crippen molar-refractivity contribution in [1.29, 1.82) is 0 Å². The van der Waals surface area contributed by atoms with Crippen molar-refractivity contribution in [1.82, 2.24) is 10.6 Å². The molecule has 0 heterocycles. The van der Waals surface area contributed by atoms with Crippen molar-refractivity contribution in [2.24, 2.45) is 4.99 Å². The maximum Gasteiger partial charge on any atom is 0.413 e. The summed E-state index contributed by atoms with van der Waals surface area (Å²) in [7, 11) is 2.36. The molecule has 2 aromatic rings. The third-order valence-electron chi connectivity index (χ3n) is 3.89. The Balaban J connectivity index is 2.46. The number of nitrogens with one attached hydrogen (secondary N) is 3. The molecule has 0 bridgehead atoms. The Hall–Kier alpha value is -3.18. The Morgan fingerprint density at radius 3 is 2.16 bits per heavy atom. The maximum absolute atomic E-state index is 12.0. The van der Waals surface area contributed by atoms with E-state index in [1.807, 2.05) is 30.5 Å². The molecule has 0 aliphatic heterocycles. The number of ether oxygens (including phenoxy) is 2. The molecule has 0 spiro atoms. The fraction of sp³-hybridized carbons (Fsp3) is 0.238. The number of carbonyl (C=O) groups excluding carboxylic acids is 3. The topological polar surface area (TPSA) is 118 Å². The van der Waals surface area contributed by atoms with Gasteiger partial charge in [0.25, 0.3) is 0 Å². The molecular formula is C21H24N4O5S2. The van der Waals surface area contributed by atoms with Crippen LogP contribution in [0.1, 0.15) is 13.3 Å². The monoisotopic (exact) mass is 476 g/mol. The summed E-state index contributed by atoms with van der Waals surface area (Å²) < 4.78 is 9.14. The van der Waals surface area contributed by atoms with Crippen molar-refractivity contribution in [2.75, 3.05) is 25.8 Å². The zero-order chi connectivity index (χ0) is 23.5. The van der Waals surface area contributed by atoms with Crippen molar-refractivity contribution in [3.8, 4) is 0 Å². The molecule has 32 heavy (non-hydrogen) atoms. The van der Waals surface area contributed by atoms with Gasteiger partial charge in [0.05, 0.1) is 25.6 Å². The molecule has 9 nitrogen and oxygen atoms in total. The molecule has 0 saturated heterocycles. The van der Waals surface area contributed by atoms with E-state index in [0.29, 0.717) is 11.4 Å². The van der Waals surface area contributed by atoms with Gasteiger partial charge in [-0.25, -0.2) is 14.6 Å². The molecule has 0 aliphatic carbocycles. The van der Waals surface area contributed by atoms with Crippen LogP contribution in [0.3, 0.4) is 0 Å². The molecule has 0 aromatic heterocycles. The zero-order valence-corrected chi connectivity index (χ0v) is 19.7. The molecule has 0 fully saturated rings. The first-order chi connectivity index (χ1) is 15.4. The van der Waals surface area contributed by atoms with E-state index in [9.17, 15) is 14.4 Å². The number of anilines is 1. The lowest BCUT2D eigenvalue weighted by Gasteiger charge is -2.13. The van der Waals surface area contributed by atoms with Crippen LogP contribution in [-0.2, 0) is 14.3 Å². The number of guanidine groups is 1. The van der Waals surface area contributed by atoms with Gasteiger partial charge in [-0.3, -0.25) is 15.4 Å². The summed E-state index contributed by atoms with van der Waals surface area (Å²) in [5.74, 6) is -0.430. The van der Waals surface area contributed by atoms with E-state index in [0.717, 1.165) is 14.7 Å². The number of carbonyl (C=O) groups is 3. The average molecular weight is 477 g/mol. The summed E-state index contributed by atoms with van der Waals surface area (Å²) in [4.78, 5) is 42.6. The van der Waals surface area contributed by atoms with Crippen LogP contribution in [0, 0.1) is 0 Å². The molecule has 2 rings (SSSR count). The summed E-state index contributed by atoms with van der Waals surface area (Å²) in [6, 6.07) is 13.3. The van der Waals surface area contributed by atoms with Crippen LogP contribution in [0.15, 0.2) is 62.1 Å². The molecular weight excluding hydrogens is 452 g/mol. The van der Waals surface area contributed by atoms with Crippen molar-refractivity contribution < 1.29 is 23.9 Å². The van der Waals surface area contributed by atoms with Gasteiger partial charge in [-0.2, -0.15) is 0 Å². The number of methoxy groups -OCH3 is 2. The van der Waals surface area contributed by atoms with Gasteiger partial charge in [0.15, 0.2) is 0 Å². The Morgan fingerprint density at radius 1 is 0.938 bits per heavy atom. The van der Waals surface area contributed by atoms with E-state index in [-0.39, 0.29) is 18.3 Å². The van der Waals surface area contributed by atoms with Gasteiger partial charge in [0.2, 0.25) is 11.9 Å². The highest BCUT2D eigenvalue weighted by Crippen LogP contribution is 2.35. The number of hydrogen-bond acceptors (Lipinski definition) is 8. The highest BCUT2D eigenvalue weighted by Gasteiger charge is 2.14. The van der Waals surface area contributed by atoms with Gasteiger partial charge >= 0.3 is 12.2 Å². The van der Waals surface area contributed by atoms with E-state index < -0.39 is 12.2 Å². The molecule has 3 amide bonds. The lowest BCUT2D eigenvalue weighted by Crippen LogP contribution is -2.43. The highest BCUT2D eigenvalue weighted by atomic mass is 32.2. The number of alkyl carbamates (subject to hydrolysis) is 2. The van der Waals surface area contributed by atoms with E-state index >= 15 is 0 Å². The molecule has 0 unspecified atom stereocenters. The number of thioether (sulfide) groups is 1. The number of rotatable bonds is 6. The third-order valence-corrected chi connectivity index (χ3v) is 5.59. The van der Waals surface area contributed by atoms with Crippen molar-refractivity contribution >= 4 is 59.0 Å². The van der Waals surface area contributed by atoms with Crippen molar-refractivity contribution in [3.63, 3.8) is 0 Å². The van der Waals surface area contributed by atoms with Crippen LogP contribution in [0.25, 0.3) is 0 Å². The number of hydrogen-bond donors (Lipinski definition) is 3. The summed E-state index contributed by atoms with van der Waals surface area (Å²) in [5, 5.41) is 7.39. The summed E-state index contributed by atoms with van der Waals surface area (Å²) in [5.41, 5.74) is 0.732. The predicted molar refractivity (Wildman–Crippen MR) is 126 cm³/mol. The largest absolute Gasteiger partial charge is 0.453 e. The van der Waals surface area contributed by atoms with E-state index in [2.05, 4.69) is 36.5 Å². The molecule has 11 heteroatoms. The van der Waals surface area contributed by atoms with Crippen LogP contribution in [0.5, 0.6) is 0 Å². The molecule has 3 N–H and O–H groups in total. The van der Waals surface area contributed by atoms with Gasteiger partial charge in [0, 0.05) is 21.1 Å². The molecule has 0 aliphatic rings. The fourth-order valence-electron chi connectivity index (χ4n) is 2.32. The minimum atomic E-state index is -0.835. The molecule has 2 aromatic carbocycles. The minimum absolute atomic E-state index is 0.210. The van der Waals surface area contributed by atoms with Gasteiger partial charge in [-0.05, 0) is 42.7 Å². The van der Waals surface area contributed by atoms with E-state index in [1.54, 1.807) is 30.8 Å². The van der Waals surface area contributed by atoms with Gasteiger partial charge < -0.3 is 14.8 Å². The Morgan fingerprint density at radius 2 is 1.56 bits per heavy atom. The number of aliphatic imine (C=N–C) groups is 1. The third kappa shape index (κ3) is 7.82. The van der Waals surface area contributed by atoms with E-state index in [1.165, 1.54) is 26.0 Å². The van der Waals surface area contributed by atoms with Crippen molar-refractivity contribution in [3.05, 3.63) is 42.5 Å². The highest BCUT2D eigenvalue weighted by molar-refractivity contribution is 7.99. The lowest BCUT2D eigenvalue weighted by molar-refractivity contribution is -0.115. The second-order valence-corrected chi connectivity index (χ2v) is 8.08. The van der Waals surface area contributed by atoms with Crippen LogP contribution in [-0.4, -0.2) is 44.5 Å². The Labute approximate surface area is 194 Å². The second kappa shape index (κ2) is 12.6. The quantitative estimate of drug-likeness (QED) is 0.317. The van der Waals surface area contributed by atoms with Crippen LogP contribution < -0.4 is 16.0 Å². The number of nitrogens with zero attached hydrogens (tertiary/aromatic N) is 1. The maximum atomic E-state index is 12.0. The molecule has 170 valence electrons. The first kappa shape index (κ1) is 25.1. The summed E-state index contributed by atoms with van der Waals surface area (Å²) >= 11 is 3.15. The smallest absolute Gasteiger partial charge is 0.413 e. The van der Waals surface area contributed by atoms with E-state index in [4.69, 9.17) is 0 Å². The zero-order valence-electron chi connectivity index (χ0n) is 18.1. The minimum Gasteiger partial charge on any atom is -0.453 e. The van der Waals surface area contributed by atoms with Crippen molar-refractivity contribution in [2.45, 2.75) is 28.0 Å². The Kier molecular flexibility index (Phi) is 9.89. The molecule has 0 atom stereocenters.